The number of halogens is 1. The van der Waals surface area contributed by atoms with Gasteiger partial charge in [-0.1, -0.05) is 54.1 Å². The van der Waals surface area contributed by atoms with Crippen LogP contribution < -0.4 is 5.32 Å². The summed E-state index contributed by atoms with van der Waals surface area (Å²) < 4.78 is 0. The number of nitrogens with zero attached hydrogens (tertiary/aromatic N) is 1. The Morgan fingerprint density at radius 1 is 0.962 bits per heavy atom. The summed E-state index contributed by atoms with van der Waals surface area (Å²) in [5.74, 6) is -0.491. The van der Waals surface area contributed by atoms with E-state index in [0.29, 0.717) is 5.69 Å². The van der Waals surface area contributed by atoms with Gasteiger partial charge < -0.3 is 5.32 Å². The van der Waals surface area contributed by atoms with Crippen LogP contribution in [-0.4, -0.2) is 10.8 Å². The lowest BCUT2D eigenvalue weighted by Crippen LogP contribution is -2.12. The van der Waals surface area contributed by atoms with Gasteiger partial charge in [0, 0.05) is 17.8 Å². The van der Waals surface area contributed by atoms with E-state index in [-0.39, 0.29) is 16.3 Å². The zero-order valence-electron chi connectivity index (χ0n) is 13.7. The van der Waals surface area contributed by atoms with E-state index >= 15 is 0 Å². The fourth-order valence-corrected chi connectivity index (χ4v) is 2.74. The molecule has 0 radical (unpaired) electrons. The highest BCUT2D eigenvalue weighted by atomic mass is 35.5. The summed E-state index contributed by atoms with van der Waals surface area (Å²) in [6, 6.07) is 21.3. The van der Waals surface area contributed by atoms with Gasteiger partial charge in [-0.05, 0) is 35.7 Å². The van der Waals surface area contributed by atoms with Gasteiger partial charge in [-0.15, -0.1) is 0 Å². The first kappa shape index (κ1) is 17.6. The van der Waals surface area contributed by atoms with E-state index in [4.69, 9.17) is 11.6 Å². The average Bonchev–Trinajstić information content (AvgIpc) is 2.64. The molecule has 0 fully saturated rings. The Hall–Kier alpha value is -3.18. The number of carbonyl (C=O) groups excluding carboxylic acids is 1. The SMILES string of the molecule is O=C(Nc1ccc(Cc2ccccc2)cc1)c1cc([N+](=O)[O-])ccc1Cl. The van der Waals surface area contributed by atoms with Crippen LogP contribution in [0.1, 0.15) is 21.5 Å². The molecule has 3 aromatic carbocycles. The molecule has 3 aromatic rings. The molecule has 130 valence electrons. The molecule has 0 aliphatic rings. The molecule has 0 spiro atoms. The molecular formula is C20H15ClN2O3. The molecule has 0 aromatic heterocycles. The molecule has 1 N–H and O–H groups in total. The van der Waals surface area contributed by atoms with Gasteiger partial charge in [-0.3, -0.25) is 14.9 Å². The van der Waals surface area contributed by atoms with E-state index in [9.17, 15) is 14.9 Å². The monoisotopic (exact) mass is 366 g/mol. The zero-order chi connectivity index (χ0) is 18.5. The number of non-ortho nitro benzene ring substituents is 1. The van der Waals surface area contributed by atoms with Crippen molar-refractivity contribution >= 4 is 28.9 Å². The van der Waals surface area contributed by atoms with E-state index in [1.165, 1.54) is 23.8 Å². The second-order valence-corrected chi connectivity index (χ2v) is 6.14. The lowest BCUT2D eigenvalue weighted by atomic mass is 10.0. The topological polar surface area (TPSA) is 72.2 Å². The fraction of sp³-hybridized carbons (Fsp3) is 0.0500. The minimum atomic E-state index is -0.564. The minimum Gasteiger partial charge on any atom is -0.322 e. The maximum Gasteiger partial charge on any atom is 0.270 e. The molecule has 0 aliphatic heterocycles. The van der Waals surface area contributed by atoms with Crippen LogP contribution in [0.25, 0.3) is 0 Å². The highest BCUT2D eigenvalue weighted by Gasteiger charge is 2.16. The van der Waals surface area contributed by atoms with Crippen LogP contribution in [0.5, 0.6) is 0 Å². The average molecular weight is 367 g/mol. The number of hydrogen-bond acceptors (Lipinski definition) is 3. The van der Waals surface area contributed by atoms with Gasteiger partial charge in [0.15, 0.2) is 0 Å². The molecule has 1 amide bonds. The Labute approximate surface area is 155 Å². The molecule has 0 unspecified atom stereocenters. The molecule has 0 aliphatic carbocycles. The van der Waals surface area contributed by atoms with Crippen LogP contribution in [-0.2, 0) is 6.42 Å². The standard InChI is InChI=1S/C20H15ClN2O3/c21-19-11-10-17(23(25)26)13-18(19)20(24)22-16-8-6-15(7-9-16)12-14-4-2-1-3-5-14/h1-11,13H,12H2,(H,22,24). The van der Waals surface area contributed by atoms with E-state index in [0.717, 1.165) is 12.0 Å². The van der Waals surface area contributed by atoms with Crippen molar-refractivity contribution < 1.29 is 9.72 Å². The predicted molar refractivity (Wildman–Crippen MR) is 102 cm³/mol. The Balaban J connectivity index is 1.72. The molecule has 0 bridgehead atoms. The second-order valence-electron chi connectivity index (χ2n) is 5.73. The number of hydrogen-bond donors (Lipinski definition) is 1. The quantitative estimate of drug-likeness (QED) is 0.505. The van der Waals surface area contributed by atoms with Gasteiger partial charge >= 0.3 is 0 Å². The maximum absolute atomic E-state index is 12.4. The molecule has 0 heterocycles. The molecule has 6 heteroatoms. The lowest BCUT2D eigenvalue weighted by molar-refractivity contribution is -0.384. The number of nitrogens with one attached hydrogen (secondary N) is 1. The fourth-order valence-electron chi connectivity index (χ4n) is 2.54. The van der Waals surface area contributed by atoms with Crippen LogP contribution in [0.4, 0.5) is 11.4 Å². The lowest BCUT2D eigenvalue weighted by Gasteiger charge is -2.08. The number of carbonyl (C=O) groups is 1. The predicted octanol–water partition coefficient (Wildman–Crippen LogP) is 5.09. The largest absolute Gasteiger partial charge is 0.322 e. The van der Waals surface area contributed by atoms with Crippen LogP contribution >= 0.6 is 11.6 Å². The van der Waals surface area contributed by atoms with Gasteiger partial charge in [0.25, 0.3) is 11.6 Å². The molecule has 3 rings (SSSR count). The van der Waals surface area contributed by atoms with Crippen molar-refractivity contribution in [2.75, 3.05) is 5.32 Å². The van der Waals surface area contributed by atoms with E-state index < -0.39 is 10.8 Å². The number of nitro groups is 1. The molecular weight excluding hydrogens is 352 g/mol. The van der Waals surface area contributed by atoms with Gasteiger partial charge in [0.1, 0.15) is 0 Å². The highest BCUT2D eigenvalue weighted by Crippen LogP contribution is 2.23. The smallest absolute Gasteiger partial charge is 0.270 e. The third-order valence-corrected chi connectivity index (χ3v) is 4.20. The molecule has 0 saturated carbocycles. The van der Waals surface area contributed by atoms with Crippen molar-refractivity contribution in [3.63, 3.8) is 0 Å². The van der Waals surface area contributed by atoms with Crippen molar-refractivity contribution in [1.82, 2.24) is 0 Å². The van der Waals surface area contributed by atoms with E-state index in [1.54, 1.807) is 12.1 Å². The summed E-state index contributed by atoms with van der Waals surface area (Å²) in [7, 11) is 0. The van der Waals surface area contributed by atoms with Gasteiger partial charge in [0.05, 0.1) is 15.5 Å². The van der Waals surface area contributed by atoms with Crippen LogP contribution in [0.3, 0.4) is 0 Å². The molecule has 5 nitrogen and oxygen atoms in total. The van der Waals surface area contributed by atoms with Crippen molar-refractivity contribution in [1.29, 1.82) is 0 Å². The molecule has 0 atom stereocenters. The van der Waals surface area contributed by atoms with E-state index in [1.807, 2.05) is 30.3 Å². The zero-order valence-corrected chi connectivity index (χ0v) is 14.4. The summed E-state index contributed by atoms with van der Waals surface area (Å²) in [4.78, 5) is 22.7. The number of nitro benzene ring substituents is 1. The van der Waals surface area contributed by atoms with Gasteiger partial charge in [0.2, 0.25) is 0 Å². The number of amides is 1. The summed E-state index contributed by atoms with van der Waals surface area (Å²) in [5, 5.41) is 13.7. The summed E-state index contributed by atoms with van der Waals surface area (Å²) in [5.41, 5.74) is 2.79. The van der Waals surface area contributed by atoms with E-state index in [2.05, 4.69) is 17.4 Å². The minimum absolute atomic E-state index is 0.0641. The first-order chi connectivity index (χ1) is 12.5. The summed E-state index contributed by atoms with van der Waals surface area (Å²) in [6.45, 7) is 0. The molecule has 26 heavy (non-hydrogen) atoms. The first-order valence-electron chi connectivity index (χ1n) is 7.91. The van der Waals surface area contributed by atoms with Crippen molar-refractivity contribution in [3.8, 4) is 0 Å². The van der Waals surface area contributed by atoms with Gasteiger partial charge in [-0.2, -0.15) is 0 Å². The number of anilines is 1. The molecule has 0 saturated heterocycles. The third kappa shape index (κ3) is 4.26. The van der Waals surface area contributed by atoms with Crippen molar-refractivity contribution in [2.45, 2.75) is 6.42 Å². The number of benzene rings is 3. The van der Waals surface area contributed by atoms with Crippen molar-refractivity contribution in [2.24, 2.45) is 0 Å². The van der Waals surface area contributed by atoms with Crippen LogP contribution in [0, 0.1) is 10.1 Å². The Kier molecular flexibility index (Phi) is 5.29. The number of rotatable bonds is 5. The summed E-state index contributed by atoms with van der Waals surface area (Å²) in [6.07, 6.45) is 0.797. The van der Waals surface area contributed by atoms with Crippen molar-refractivity contribution in [3.05, 3.63) is 105 Å². The highest BCUT2D eigenvalue weighted by molar-refractivity contribution is 6.34. The summed E-state index contributed by atoms with van der Waals surface area (Å²) >= 11 is 5.99. The Morgan fingerprint density at radius 2 is 1.62 bits per heavy atom. The normalized spacial score (nSPS) is 10.3. The maximum atomic E-state index is 12.4. The van der Waals surface area contributed by atoms with Crippen LogP contribution in [0.15, 0.2) is 72.8 Å². The van der Waals surface area contributed by atoms with Crippen LogP contribution in [0.2, 0.25) is 5.02 Å². The van der Waals surface area contributed by atoms with Gasteiger partial charge in [-0.25, -0.2) is 0 Å². The Morgan fingerprint density at radius 3 is 2.27 bits per heavy atom. The first-order valence-corrected chi connectivity index (χ1v) is 8.29. The third-order valence-electron chi connectivity index (χ3n) is 3.87. The Bertz CT molecular complexity index is 941. The second kappa shape index (κ2) is 7.80.